The fourth-order valence-corrected chi connectivity index (χ4v) is 5.06. The van der Waals surface area contributed by atoms with Crippen LogP contribution in [0.25, 0.3) is 0 Å². The average Bonchev–Trinajstić information content (AvgIpc) is 3.51. The van der Waals surface area contributed by atoms with Crippen LogP contribution in [0, 0.1) is 5.92 Å². The molecule has 0 amide bonds. The van der Waals surface area contributed by atoms with Crippen LogP contribution in [-0.2, 0) is 26.7 Å². The van der Waals surface area contributed by atoms with E-state index < -0.39 is 0 Å². The molecule has 2 aromatic rings. The first-order chi connectivity index (χ1) is 17.5. The first-order valence-corrected chi connectivity index (χ1v) is 13.8. The van der Waals surface area contributed by atoms with Gasteiger partial charge in [0.15, 0.2) is 0 Å². The fraction of sp³-hybridized carbons (Fsp3) is 0.600. The SMILES string of the molecule is CCCN(CCC)CCC(C)CN(C)Cc1ccc(CN(CC2=NC=CC2)Cc2nccn2C)cc1. The van der Waals surface area contributed by atoms with Crippen LogP contribution >= 0.6 is 0 Å². The summed E-state index contributed by atoms with van der Waals surface area (Å²) in [5.74, 6) is 1.79. The Hall–Kier alpha value is -2.28. The summed E-state index contributed by atoms with van der Waals surface area (Å²) in [7, 11) is 4.32. The topological polar surface area (TPSA) is 39.9 Å². The largest absolute Gasteiger partial charge is 0.337 e. The molecule has 1 unspecified atom stereocenters. The number of aliphatic imine (C=N–C) groups is 1. The predicted octanol–water partition coefficient (Wildman–Crippen LogP) is 5.36. The smallest absolute Gasteiger partial charge is 0.122 e. The van der Waals surface area contributed by atoms with E-state index in [1.54, 1.807) is 0 Å². The second kappa shape index (κ2) is 15.1. The molecule has 3 rings (SSSR count). The van der Waals surface area contributed by atoms with Crippen LogP contribution in [0.3, 0.4) is 0 Å². The highest BCUT2D eigenvalue weighted by atomic mass is 15.2. The van der Waals surface area contributed by atoms with Crippen molar-refractivity contribution < 1.29 is 0 Å². The molecule has 0 saturated heterocycles. The number of nitrogens with zero attached hydrogens (tertiary/aromatic N) is 6. The Morgan fingerprint density at radius 1 is 0.917 bits per heavy atom. The van der Waals surface area contributed by atoms with E-state index in [2.05, 4.69) is 94.5 Å². The van der Waals surface area contributed by atoms with Crippen molar-refractivity contribution in [2.75, 3.05) is 39.8 Å². The first kappa shape index (κ1) is 28.3. The first-order valence-electron chi connectivity index (χ1n) is 13.8. The van der Waals surface area contributed by atoms with Crippen LogP contribution in [0.1, 0.15) is 63.4 Å². The third kappa shape index (κ3) is 9.64. The molecule has 1 aliphatic rings. The highest BCUT2D eigenvalue weighted by molar-refractivity contribution is 5.89. The van der Waals surface area contributed by atoms with E-state index in [-0.39, 0.29) is 0 Å². The van der Waals surface area contributed by atoms with Crippen LogP contribution in [-0.4, -0.2) is 69.7 Å². The summed E-state index contributed by atoms with van der Waals surface area (Å²) >= 11 is 0. The number of aromatic nitrogens is 2. The maximum atomic E-state index is 4.54. The van der Waals surface area contributed by atoms with Crippen LogP contribution in [0.5, 0.6) is 0 Å². The summed E-state index contributed by atoms with van der Waals surface area (Å²) < 4.78 is 2.10. The highest BCUT2D eigenvalue weighted by Crippen LogP contribution is 2.15. The fourth-order valence-electron chi connectivity index (χ4n) is 5.06. The third-order valence-corrected chi connectivity index (χ3v) is 6.93. The molecule has 1 aromatic heterocycles. The van der Waals surface area contributed by atoms with Crippen molar-refractivity contribution >= 4 is 5.71 Å². The Bertz CT molecular complexity index is 939. The van der Waals surface area contributed by atoms with Crippen molar-refractivity contribution in [3.05, 3.63) is 65.9 Å². The van der Waals surface area contributed by atoms with Crippen LogP contribution in [0.2, 0.25) is 0 Å². The number of hydrogen-bond donors (Lipinski definition) is 0. The average molecular weight is 493 g/mol. The van der Waals surface area contributed by atoms with Gasteiger partial charge in [-0.3, -0.25) is 9.89 Å². The minimum Gasteiger partial charge on any atom is -0.337 e. The van der Waals surface area contributed by atoms with E-state index in [9.17, 15) is 0 Å². The predicted molar refractivity (Wildman–Crippen MR) is 152 cm³/mol. The lowest BCUT2D eigenvalue weighted by Gasteiger charge is -2.25. The lowest BCUT2D eigenvalue weighted by Crippen LogP contribution is -2.30. The maximum absolute atomic E-state index is 4.54. The number of allylic oxidation sites excluding steroid dienone is 1. The van der Waals surface area contributed by atoms with E-state index in [1.165, 1.54) is 55.7 Å². The molecule has 0 bridgehead atoms. The molecule has 0 saturated carbocycles. The van der Waals surface area contributed by atoms with Crippen molar-refractivity contribution in [1.82, 2.24) is 24.3 Å². The van der Waals surface area contributed by atoms with Gasteiger partial charge in [-0.1, -0.05) is 51.1 Å². The number of rotatable bonds is 17. The van der Waals surface area contributed by atoms with Gasteiger partial charge in [0, 0.05) is 64.0 Å². The molecule has 1 aromatic carbocycles. The molecule has 6 heteroatoms. The summed E-state index contributed by atoms with van der Waals surface area (Å²) in [6.45, 7) is 15.4. The zero-order valence-corrected chi connectivity index (χ0v) is 23.4. The zero-order chi connectivity index (χ0) is 25.8. The normalized spacial score (nSPS) is 14.4. The van der Waals surface area contributed by atoms with Crippen molar-refractivity contribution in [3.8, 4) is 0 Å². The monoisotopic (exact) mass is 492 g/mol. The number of hydrogen-bond acceptors (Lipinski definition) is 5. The van der Waals surface area contributed by atoms with Crippen LogP contribution < -0.4 is 0 Å². The van der Waals surface area contributed by atoms with Gasteiger partial charge in [0.1, 0.15) is 5.82 Å². The minimum atomic E-state index is 0.707. The van der Waals surface area contributed by atoms with Crippen molar-refractivity contribution in [1.29, 1.82) is 0 Å². The van der Waals surface area contributed by atoms with E-state index in [1.807, 2.05) is 18.6 Å². The molecule has 198 valence electrons. The second-order valence-corrected chi connectivity index (χ2v) is 10.6. The number of imidazole rings is 1. The Morgan fingerprint density at radius 2 is 1.61 bits per heavy atom. The molecule has 1 atom stereocenters. The van der Waals surface area contributed by atoms with Gasteiger partial charge in [-0.15, -0.1) is 0 Å². The van der Waals surface area contributed by atoms with Gasteiger partial charge in [0.25, 0.3) is 0 Å². The summed E-state index contributed by atoms with van der Waals surface area (Å²) in [6, 6.07) is 9.18. The second-order valence-electron chi connectivity index (χ2n) is 10.6. The van der Waals surface area contributed by atoms with E-state index >= 15 is 0 Å². The Morgan fingerprint density at radius 3 is 2.19 bits per heavy atom. The van der Waals surface area contributed by atoms with Crippen LogP contribution in [0.4, 0.5) is 0 Å². The molecule has 6 nitrogen and oxygen atoms in total. The summed E-state index contributed by atoms with van der Waals surface area (Å²) in [5.41, 5.74) is 3.94. The van der Waals surface area contributed by atoms with Gasteiger partial charge in [0.05, 0.1) is 6.54 Å². The van der Waals surface area contributed by atoms with Crippen molar-refractivity contribution in [2.24, 2.45) is 18.0 Å². The third-order valence-electron chi connectivity index (χ3n) is 6.93. The lowest BCUT2D eigenvalue weighted by atomic mass is 10.1. The Labute approximate surface area is 219 Å². The summed E-state index contributed by atoms with van der Waals surface area (Å²) in [6.07, 6.45) is 12.7. The standard InChI is InChI=1S/C30H48N6/c1-6-17-35(18-7-2)19-14-26(3)21-33(4)22-27-10-12-28(13-11-27)23-36(24-29-9-8-15-31-29)25-30-32-16-20-34(30)5/h8,10-13,15-16,20,26H,6-7,9,14,17-19,21-25H2,1-5H3. The van der Waals surface area contributed by atoms with E-state index in [0.29, 0.717) is 5.92 Å². The van der Waals surface area contributed by atoms with Gasteiger partial charge in [-0.05, 0) is 63.0 Å². The Kier molecular flexibility index (Phi) is 11.9. The van der Waals surface area contributed by atoms with Crippen molar-refractivity contribution in [3.63, 3.8) is 0 Å². The molecule has 0 fully saturated rings. The molecular formula is C30H48N6. The number of benzene rings is 1. The molecule has 0 aliphatic carbocycles. The van der Waals surface area contributed by atoms with Gasteiger partial charge in [-0.2, -0.15) is 0 Å². The molecule has 0 N–H and O–H groups in total. The molecule has 0 spiro atoms. The zero-order valence-electron chi connectivity index (χ0n) is 23.4. The van der Waals surface area contributed by atoms with E-state index in [4.69, 9.17) is 0 Å². The van der Waals surface area contributed by atoms with Crippen LogP contribution in [0.15, 0.2) is 53.9 Å². The van der Waals surface area contributed by atoms with Gasteiger partial charge in [0.2, 0.25) is 0 Å². The van der Waals surface area contributed by atoms with Crippen molar-refractivity contribution in [2.45, 2.75) is 66.1 Å². The van der Waals surface area contributed by atoms with Gasteiger partial charge >= 0.3 is 0 Å². The quantitative estimate of drug-likeness (QED) is 0.298. The van der Waals surface area contributed by atoms with E-state index in [0.717, 1.165) is 45.0 Å². The molecule has 1 aliphatic heterocycles. The summed E-state index contributed by atoms with van der Waals surface area (Å²) in [4.78, 5) is 16.6. The molecule has 0 radical (unpaired) electrons. The van der Waals surface area contributed by atoms with Gasteiger partial charge < -0.3 is 14.4 Å². The highest BCUT2D eigenvalue weighted by Gasteiger charge is 2.15. The lowest BCUT2D eigenvalue weighted by molar-refractivity contribution is 0.223. The number of aryl methyl sites for hydroxylation is 1. The molecule has 2 heterocycles. The molecule has 36 heavy (non-hydrogen) atoms. The molecular weight excluding hydrogens is 444 g/mol. The summed E-state index contributed by atoms with van der Waals surface area (Å²) in [5, 5.41) is 0. The van der Waals surface area contributed by atoms with Gasteiger partial charge in [-0.25, -0.2) is 4.98 Å². The maximum Gasteiger partial charge on any atom is 0.122 e. The Balaban J connectivity index is 1.49. The minimum absolute atomic E-state index is 0.707.